The van der Waals surface area contributed by atoms with Gasteiger partial charge >= 0.3 is 5.97 Å². The van der Waals surface area contributed by atoms with Crippen LogP contribution in [-0.4, -0.2) is 47.0 Å². The summed E-state index contributed by atoms with van der Waals surface area (Å²) in [6.07, 6.45) is 3.42. The van der Waals surface area contributed by atoms with Crippen molar-refractivity contribution >= 4 is 23.6 Å². The topological polar surface area (TPSA) is 57.6 Å². The lowest BCUT2D eigenvalue weighted by molar-refractivity contribution is -0.138. The number of amides is 1. The van der Waals surface area contributed by atoms with Gasteiger partial charge in [0, 0.05) is 19.5 Å². The van der Waals surface area contributed by atoms with Gasteiger partial charge in [0.1, 0.15) is 0 Å². The van der Waals surface area contributed by atoms with Crippen LogP contribution in [0.15, 0.2) is 0 Å². The van der Waals surface area contributed by atoms with E-state index in [-0.39, 0.29) is 12.3 Å². The van der Waals surface area contributed by atoms with Gasteiger partial charge in [-0.25, -0.2) is 0 Å². The molecule has 0 fully saturated rings. The molecule has 0 spiro atoms. The van der Waals surface area contributed by atoms with E-state index in [1.54, 1.807) is 16.7 Å². The molecule has 88 valence electrons. The average molecular weight is 233 g/mol. The highest BCUT2D eigenvalue weighted by Gasteiger charge is 2.11. The lowest BCUT2D eigenvalue weighted by Crippen LogP contribution is -2.32. The Morgan fingerprint density at radius 3 is 2.47 bits per heavy atom. The second kappa shape index (κ2) is 8.59. The summed E-state index contributed by atoms with van der Waals surface area (Å²) in [6.45, 7) is 2.78. The quantitative estimate of drug-likeness (QED) is 0.645. The number of carboxylic acids is 1. The minimum absolute atomic E-state index is 0.0299. The molecule has 0 rings (SSSR count). The van der Waals surface area contributed by atoms with Crippen LogP contribution < -0.4 is 0 Å². The second-order valence-electron chi connectivity index (χ2n) is 3.21. The Morgan fingerprint density at radius 1 is 1.33 bits per heavy atom. The van der Waals surface area contributed by atoms with Crippen molar-refractivity contribution in [3.05, 3.63) is 0 Å². The maximum Gasteiger partial charge on any atom is 0.305 e. The molecule has 15 heavy (non-hydrogen) atoms. The summed E-state index contributed by atoms with van der Waals surface area (Å²) in [4.78, 5) is 23.6. The third kappa shape index (κ3) is 7.25. The van der Waals surface area contributed by atoms with E-state index in [2.05, 4.69) is 0 Å². The number of carbonyl (C=O) groups excluding carboxylic acids is 1. The summed E-state index contributed by atoms with van der Waals surface area (Å²) < 4.78 is 0. The van der Waals surface area contributed by atoms with Crippen molar-refractivity contribution in [3.8, 4) is 0 Å². The summed E-state index contributed by atoms with van der Waals surface area (Å²) in [6, 6.07) is 0. The highest BCUT2D eigenvalue weighted by molar-refractivity contribution is 7.98. The average Bonchev–Trinajstić information content (AvgIpc) is 2.18. The van der Waals surface area contributed by atoms with Crippen molar-refractivity contribution in [2.75, 3.05) is 25.1 Å². The standard InChI is InChI=1S/C10H19NO3S/c1-3-11(7-6-10(13)14)9(12)5-4-8-15-2/h3-8H2,1-2H3,(H,13,14). The molecule has 4 nitrogen and oxygen atoms in total. The van der Waals surface area contributed by atoms with Crippen LogP contribution in [0.2, 0.25) is 0 Å². The molecule has 1 N–H and O–H groups in total. The van der Waals surface area contributed by atoms with Gasteiger partial charge in [0.15, 0.2) is 0 Å². The Balaban J connectivity index is 3.82. The number of aliphatic carboxylic acids is 1. The van der Waals surface area contributed by atoms with E-state index in [4.69, 9.17) is 5.11 Å². The van der Waals surface area contributed by atoms with Crippen molar-refractivity contribution in [1.82, 2.24) is 4.90 Å². The highest BCUT2D eigenvalue weighted by atomic mass is 32.2. The summed E-state index contributed by atoms with van der Waals surface area (Å²) in [5, 5.41) is 8.51. The molecule has 0 bridgehead atoms. The van der Waals surface area contributed by atoms with Gasteiger partial charge in [-0.15, -0.1) is 0 Å². The van der Waals surface area contributed by atoms with E-state index in [1.807, 2.05) is 13.2 Å². The minimum Gasteiger partial charge on any atom is -0.481 e. The first-order chi connectivity index (χ1) is 7.11. The number of thioether (sulfide) groups is 1. The van der Waals surface area contributed by atoms with Gasteiger partial charge in [-0.1, -0.05) is 0 Å². The minimum atomic E-state index is -0.856. The molecular weight excluding hydrogens is 214 g/mol. The van der Waals surface area contributed by atoms with E-state index in [0.29, 0.717) is 19.5 Å². The maximum atomic E-state index is 11.6. The number of carboxylic acid groups (broad SMARTS) is 1. The van der Waals surface area contributed by atoms with Crippen LogP contribution in [0.25, 0.3) is 0 Å². The van der Waals surface area contributed by atoms with Crippen LogP contribution in [0.3, 0.4) is 0 Å². The number of hydrogen-bond acceptors (Lipinski definition) is 3. The molecule has 1 amide bonds. The van der Waals surface area contributed by atoms with Gasteiger partial charge in [-0.2, -0.15) is 11.8 Å². The van der Waals surface area contributed by atoms with Crippen LogP contribution in [0.4, 0.5) is 0 Å². The molecule has 0 aromatic heterocycles. The SMILES string of the molecule is CCN(CCC(=O)O)C(=O)CCCSC. The number of rotatable bonds is 8. The zero-order valence-corrected chi connectivity index (χ0v) is 10.2. The molecule has 5 heteroatoms. The predicted octanol–water partition coefficient (Wildman–Crippen LogP) is 1.45. The van der Waals surface area contributed by atoms with E-state index < -0.39 is 5.97 Å². The van der Waals surface area contributed by atoms with Gasteiger partial charge < -0.3 is 10.0 Å². The van der Waals surface area contributed by atoms with Gasteiger partial charge in [-0.05, 0) is 25.4 Å². The van der Waals surface area contributed by atoms with Crippen molar-refractivity contribution in [2.24, 2.45) is 0 Å². The van der Waals surface area contributed by atoms with Crippen molar-refractivity contribution in [2.45, 2.75) is 26.2 Å². The Kier molecular flexibility index (Phi) is 8.18. The molecule has 0 saturated carbocycles. The lowest BCUT2D eigenvalue weighted by Gasteiger charge is -2.19. The number of hydrogen-bond donors (Lipinski definition) is 1. The van der Waals surface area contributed by atoms with E-state index in [9.17, 15) is 9.59 Å². The van der Waals surface area contributed by atoms with Crippen LogP contribution in [0.5, 0.6) is 0 Å². The fraction of sp³-hybridized carbons (Fsp3) is 0.800. The molecule has 0 atom stereocenters. The first-order valence-electron chi connectivity index (χ1n) is 5.10. The van der Waals surface area contributed by atoms with E-state index >= 15 is 0 Å². The molecule has 0 aliphatic rings. The Bertz CT molecular complexity index is 209. The first kappa shape index (κ1) is 14.3. The lowest BCUT2D eigenvalue weighted by atomic mass is 10.3. The normalized spacial score (nSPS) is 10.0. The fourth-order valence-corrected chi connectivity index (χ4v) is 1.65. The summed E-state index contributed by atoms with van der Waals surface area (Å²) in [7, 11) is 0. The Labute approximate surface area is 95.0 Å². The Hall–Kier alpha value is -0.710. The molecular formula is C10H19NO3S. The maximum absolute atomic E-state index is 11.6. The molecule has 0 aromatic carbocycles. The first-order valence-corrected chi connectivity index (χ1v) is 6.49. The zero-order valence-electron chi connectivity index (χ0n) is 9.36. The molecule has 0 radical (unpaired) electrons. The van der Waals surface area contributed by atoms with Gasteiger partial charge in [0.2, 0.25) is 5.91 Å². The summed E-state index contributed by atoms with van der Waals surface area (Å²) >= 11 is 1.72. The van der Waals surface area contributed by atoms with Crippen LogP contribution in [-0.2, 0) is 9.59 Å². The van der Waals surface area contributed by atoms with E-state index in [0.717, 1.165) is 12.2 Å². The monoisotopic (exact) mass is 233 g/mol. The molecule has 0 aliphatic carbocycles. The predicted molar refractivity (Wildman–Crippen MR) is 62.1 cm³/mol. The Morgan fingerprint density at radius 2 is 2.00 bits per heavy atom. The second-order valence-corrected chi connectivity index (χ2v) is 4.20. The van der Waals surface area contributed by atoms with Crippen molar-refractivity contribution in [1.29, 1.82) is 0 Å². The van der Waals surface area contributed by atoms with Crippen LogP contribution in [0.1, 0.15) is 26.2 Å². The smallest absolute Gasteiger partial charge is 0.305 e. The zero-order chi connectivity index (χ0) is 11.7. The largest absolute Gasteiger partial charge is 0.481 e. The summed E-state index contributed by atoms with van der Waals surface area (Å²) in [5.41, 5.74) is 0. The number of nitrogens with zero attached hydrogens (tertiary/aromatic N) is 1. The van der Waals surface area contributed by atoms with Crippen LogP contribution >= 0.6 is 11.8 Å². The molecule has 0 aliphatic heterocycles. The van der Waals surface area contributed by atoms with Gasteiger partial charge in [0.05, 0.1) is 6.42 Å². The third-order valence-electron chi connectivity index (χ3n) is 2.07. The van der Waals surface area contributed by atoms with Crippen molar-refractivity contribution in [3.63, 3.8) is 0 Å². The molecule has 0 aromatic rings. The van der Waals surface area contributed by atoms with E-state index in [1.165, 1.54) is 0 Å². The highest BCUT2D eigenvalue weighted by Crippen LogP contribution is 2.03. The number of carbonyl (C=O) groups is 2. The van der Waals surface area contributed by atoms with Gasteiger partial charge in [-0.3, -0.25) is 9.59 Å². The van der Waals surface area contributed by atoms with Crippen LogP contribution in [0, 0.1) is 0 Å². The third-order valence-corrected chi connectivity index (χ3v) is 2.77. The molecule has 0 saturated heterocycles. The van der Waals surface area contributed by atoms with Crippen molar-refractivity contribution < 1.29 is 14.7 Å². The van der Waals surface area contributed by atoms with Gasteiger partial charge in [0.25, 0.3) is 0 Å². The molecule has 0 unspecified atom stereocenters. The summed E-state index contributed by atoms with van der Waals surface area (Å²) in [5.74, 6) is 0.181. The fourth-order valence-electron chi connectivity index (χ4n) is 1.22. The molecule has 0 heterocycles.